The maximum Gasteiger partial charge on any atom is 0.278 e. The highest BCUT2D eigenvalue weighted by molar-refractivity contribution is 5.39. The molecule has 0 aliphatic carbocycles. The van der Waals surface area contributed by atoms with Crippen molar-refractivity contribution >= 4 is 0 Å². The monoisotopic (exact) mass is 398 g/mol. The zero-order valence-corrected chi connectivity index (χ0v) is 16.7. The summed E-state index contributed by atoms with van der Waals surface area (Å²) in [6, 6.07) is 27.7. The van der Waals surface area contributed by atoms with Gasteiger partial charge >= 0.3 is 0 Å². The molecule has 0 saturated heterocycles. The third-order valence-corrected chi connectivity index (χ3v) is 5.50. The van der Waals surface area contributed by atoms with Gasteiger partial charge in [0.1, 0.15) is 18.0 Å². The summed E-state index contributed by atoms with van der Waals surface area (Å²) < 4.78 is 10.1. The number of benzene rings is 3. The molecule has 5 heteroatoms. The third kappa shape index (κ3) is 3.48. The molecule has 0 bridgehead atoms. The van der Waals surface area contributed by atoms with Crippen molar-refractivity contribution in [3.8, 4) is 11.4 Å². The Hall–Kier alpha value is -3.44. The second-order valence-corrected chi connectivity index (χ2v) is 7.49. The first-order chi connectivity index (χ1) is 14.8. The fourth-order valence-electron chi connectivity index (χ4n) is 4.03. The van der Waals surface area contributed by atoms with E-state index in [1.54, 1.807) is 0 Å². The Morgan fingerprint density at radius 3 is 2.43 bits per heavy atom. The van der Waals surface area contributed by atoms with Gasteiger partial charge in [0.25, 0.3) is 11.6 Å². The zero-order valence-electron chi connectivity index (χ0n) is 16.7. The number of aryl methyl sites for hydroxylation is 1. The van der Waals surface area contributed by atoms with Crippen LogP contribution in [0.5, 0.6) is 5.75 Å². The van der Waals surface area contributed by atoms with Crippen molar-refractivity contribution in [2.45, 2.75) is 32.1 Å². The van der Waals surface area contributed by atoms with Gasteiger partial charge in [0.15, 0.2) is 6.10 Å². The summed E-state index contributed by atoms with van der Waals surface area (Å²) >= 11 is 0. The third-order valence-electron chi connectivity index (χ3n) is 5.50. The van der Waals surface area contributed by atoms with Crippen molar-refractivity contribution in [3.63, 3.8) is 0 Å². The van der Waals surface area contributed by atoms with Crippen LogP contribution in [0.25, 0.3) is 5.69 Å². The number of hydrogen-bond donors (Lipinski definition) is 1. The van der Waals surface area contributed by atoms with Gasteiger partial charge in [0.05, 0.1) is 6.54 Å². The molecule has 1 unspecified atom stereocenters. The number of para-hydroxylation sites is 2. The van der Waals surface area contributed by atoms with Crippen LogP contribution >= 0.6 is 0 Å². The molecule has 150 valence electrons. The summed E-state index contributed by atoms with van der Waals surface area (Å²) in [4.78, 5) is 0. The number of ether oxygens (including phenoxy) is 1. The van der Waals surface area contributed by atoms with Gasteiger partial charge < -0.3 is 9.84 Å². The minimum atomic E-state index is -0.850. The number of hydrogen-bond acceptors (Lipinski definition) is 3. The van der Waals surface area contributed by atoms with E-state index in [2.05, 4.69) is 4.57 Å². The first kappa shape index (κ1) is 18.6. The molecule has 2 heterocycles. The molecule has 0 spiro atoms. The molecule has 0 saturated carbocycles. The Morgan fingerprint density at radius 1 is 0.933 bits per heavy atom. The van der Waals surface area contributed by atoms with Crippen LogP contribution in [0.3, 0.4) is 0 Å². The largest absolute Gasteiger partial charge is 0.489 e. The van der Waals surface area contributed by atoms with E-state index < -0.39 is 6.10 Å². The number of fused-ring (bicyclic) bond motifs is 1. The van der Waals surface area contributed by atoms with Gasteiger partial charge in [-0.1, -0.05) is 71.4 Å². The second-order valence-electron chi connectivity index (χ2n) is 7.49. The smallest absolute Gasteiger partial charge is 0.278 e. The van der Waals surface area contributed by atoms with Gasteiger partial charge in [-0.3, -0.25) is 0 Å². The lowest BCUT2D eigenvalue weighted by atomic mass is 10.1. The quantitative estimate of drug-likeness (QED) is 0.503. The molecule has 0 amide bonds. The van der Waals surface area contributed by atoms with Crippen molar-refractivity contribution in [1.29, 1.82) is 0 Å². The maximum absolute atomic E-state index is 11.5. The number of nitrogens with zero attached hydrogens (tertiary/aromatic N) is 3. The van der Waals surface area contributed by atoms with E-state index >= 15 is 0 Å². The Labute approximate surface area is 175 Å². The molecule has 1 N–H and O–H groups in total. The highest BCUT2D eigenvalue weighted by atomic mass is 16.5. The Bertz CT molecular complexity index is 1140. The molecular weight excluding hydrogens is 374 g/mol. The van der Waals surface area contributed by atoms with Crippen LogP contribution in [0, 0.1) is 0 Å². The predicted molar refractivity (Wildman–Crippen MR) is 113 cm³/mol. The molecular formula is C25H24N3O2+. The number of aliphatic hydroxyl groups excluding tert-OH is 1. The fourth-order valence-corrected chi connectivity index (χ4v) is 4.03. The molecule has 4 aromatic rings. The van der Waals surface area contributed by atoms with E-state index in [0.717, 1.165) is 47.8 Å². The van der Waals surface area contributed by atoms with E-state index in [4.69, 9.17) is 9.84 Å². The van der Waals surface area contributed by atoms with Gasteiger partial charge in [0.2, 0.25) is 0 Å². The first-order valence-corrected chi connectivity index (χ1v) is 10.3. The van der Waals surface area contributed by atoms with Gasteiger partial charge in [-0.25, -0.2) is 4.57 Å². The molecule has 1 aliphatic rings. The van der Waals surface area contributed by atoms with E-state index in [-0.39, 0.29) is 0 Å². The van der Waals surface area contributed by atoms with Crippen LogP contribution in [0.15, 0.2) is 84.9 Å². The zero-order chi connectivity index (χ0) is 20.3. The van der Waals surface area contributed by atoms with Crippen LogP contribution in [-0.4, -0.2) is 14.9 Å². The van der Waals surface area contributed by atoms with Gasteiger partial charge in [0, 0.05) is 17.1 Å². The number of aliphatic hydroxyl groups is 1. The predicted octanol–water partition coefficient (Wildman–Crippen LogP) is 3.77. The number of rotatable bonds is 6. The van der Waals surface area contributed by atoms with Gasteiger partial charge in [-0.2, -0.15) is 0 Å². The van der Waals surface area contributed by atoms with E-state index in [1.807, 2.05) is 89.6 Å². The topological polar surface area (TPSA) is 51.2 Å². The van der Waals surface area contributed by atoms with Crippen molar-refractivity contribution in [2.75, 3.05) is 0 Å². The lowest BCUT2D eigenvalue weighted by Gasteiger charge is -2.15. The summed E-state index contributed by atoms with van der Waals surface area (Å²) in [5.74, 6) is 2.46. The van der Waals surface area contributed by atoms with Crippen molar-refractivity contribution in [2.24, 2.45) is 0 Å². The van der Waals surface area contributed by atoms with Crippen LogP contribution < -0.4 is 9.30 Å². The van der Waals surface area contributed by atoms with Crippen molar-refractivity contribution in [1.82, 2.24) is 9.78 Å². The minimum absolute atomic E-state index is 0.452. The summed E-state index contributed by atoms with van der Waals surface area (Å²) in [6.07, 6.45) is 1.12. The molecule has 30 heavy (non-hydrogen) atoms. The lowest BCUT2D eigenvalue weighted by Crippen LogP contribution is -2.38. The molecule has 5 rings (SSSR count). The SMILES string of the molecule is OC(c1ccccc1OCc1ccccc1)c1n(-c2ccccc2)nc2[n+]1CCC2. The molecule has 0 radical (unpaired) electrons. The normalized spacial score (nSPS) is 13.8. The van der Waals surface area contributed by atoms with Crippen LogP contribution in [0.2, 0.25) is 0 Å². The first-order valence-electron chi connectivity index (χ1n) is 10.3. The molecule has 1 aromatic heterocycles. The molecule has 5 nitrogen and oxygen atoms in total. The fraction of sp³-hybridized carbons (Fsp3) is 0.200. The Morgan fingerprint density at radius 2 is 1.63 bits per heavy atom. The van der Waals surface area contributed by atoms with Crippen LogP contribution in [-0.2, 0) is 19.6 Å². The van der Waals surface area contributed by atoms with Crippen LogP contribution in [0.1, 0.15) is 35.3 Å². The Balaban J connectivity index is 1.52. The molecule has 1 aliphatic heterocycles. The summed E-state index contributed by atoms with van der Waals surface area (Å²) in [5, 5.41) is 16.3. The maximum atomic E-state index is 11.5. The summed E-state index contributed by atoms with van der Waals surface area (Å²) in [7, 11) is 0. The molecule has 0 fully saturated rings. The van der Waals surface area contributed by atoms with Crippen molar-refractivity contribution in [3.05, 3.63) is 108 Å². The highest BCUT2D eigenvalue weighted by Gasteiger charge is 2.36. The molecule has 1 atom stereocenters. The molecule has 3 aromatic carbocycles. The average Bonchev–Trinajstić information content (AvgIpc) is 3.40. The Kier molecular flexibility index (Phi) is 5.03. The number of aromatic nitrogens is 3. The standard InChI is InChI=1S/C25H24N3O2/c29-24(21-14-7-8-15-22(21)30-18-19-10-3-1-4-11-19)25-27-17-9-16-23(27)26-28(25)20-12-5-2-6-13-20/h1-8,10-15,24,29H,9,16-18H2/q+1. The summed E-state index contributed by atoms with van der Waals surface area (Å²) in [5.41, 5.74) is 2.77. The highest BCUT2D eigenvalue weighted by Crippen LogP contribution is 2.31. The van der Waals surface area contributed by atoms with Crippen LogP contribution in [0.4, 0.5) is 0 Å². The van der Waals surface area contributed by atoms with E-state index in [0.29, 0.717) is 12.4 Å². The van der Waals surface area contributed by atoms with Gasteiger partial charge in [-0.05, 0) is 30.2 Å². The van der Waals surface area contributed by atoms with Crippen molar-refractivity contribution < 1.29 is 14.4 Å². The van der Waals surface area contributed by atoms with E-state index in [1.165, 1.54) is 0 Å². The lowest BCUT2D eigenvalue weighted by molar-refractivity contribution is -0.701. The average molecular weight is 398 g/mol. The second kappa shape index (κ2) is 8.13. The van der Waals surface area contributed by atoms with E-state index in [9.17, 15) is 5.11 Å². The van der Waals surface area contributed by atoms with Gasteiger partial charge in [-0.15, -0.1) is 0 Å². The summed E-state index contributed by atoms with van der Waals surface area (Å²) in [6.45, 7) is 1.31. The minimum Gasteiger partial charge on any atom is -0.489 e.